The molecule has 150 valence electrons. The summed E-state index contributed by atoms with van der Waals surface area (Å²) in [4.78, 5) is 12.4. The van der Waals surface area contributed by atoms with Gasteiger partial charge in [0.15, 0.2) is 5.78 Å². The van der Waals surface area contributed by atoms with Gasteiger partial charge in [-0.1, -0.05) is 30.3 Å². The third-order valence-corrected chi connectivity index (χ3v) is 4.58. The third kappa shape index (κ3) is 4.32. The molecule has 2 aromatic rings. The molecule has 8 nitrogen and oxygen atoms in total. The standard InChI is InChI=1S/C20H22O8/c21-10-16-17(24)18(25)19(26)20(28-16)27-12-6-7-13(15(23)9-12)14(22)8-11-4-2-1-3-5-11/h1-7,9,16-21,23-26H,8,10H2/t16-,17+,18+,19-,20-/m0/s1. The van der Waals surface area contributed by atoms with Crippen molar-refractivity contribution in [2.75, 3.05) is 6.61 Å². The van der Waals surface area contributed by atoms with Crippen molar-refractivity contribution >= 4 is 5.78 Å². The second-order valence-electron chi connectivity index (χ2n) is 6.58. The molecule has 1 aliphatic heterocycles. The van der Waals surface area contributed by atoms with E-state index in [0.29, 0.717) is 0 Å². The monoisotopic (exact) mass is 390 g/mol. The second-order valence-corrected chi connectivity index (χ2v) is 6.58. The van der Waals surface area contributed by atoms with Crippen LogP contribution in [0.3, 0.4) is 0 Å². The van der Waals surface area contributed by atoms with Gasteiger partial charge in [-0.05, 0) is 17.7 Å². The summed E-state index contributed by atoms with van der Waals surface area (Å²) in [5, 5.41) is 49.0. The maximum atomic E-state index is 12.4. The average Bonchev–Trinajstić information content (AvgIpc) is 2.69. The molecule has 28 heavy (non-hydrogen) atoms. The first-order valence-corrected chi connectivity index (χ1v) is 8.78. The molecule has 5 N–H and O–H groups in total. The van der Waals surface area contributed by atoms with Crippen molar-refractivity contribution in [3.8, 4) is 11.5 Å². The lowest BCUT2D eigenvalue weighted by Crippen LogP contribution is -2.60. The molecule has 1 fully saturated rings. The molecule has 1 aliphatic rings. The SMILES string of the molecule is O=C(Cc1ccccc1)c1ccc(O[C@H]2O[C@@H](CO)[C@@H](O)[C@@H](O)[C@@H]2O)cc1O. The molecule has 0 spiro atoms. The number of aliphatic hydroxyl groups excluding tert-OH is 4. The van der Waals surface area contributed by atoms with E-state index in [1.807, 2.05) is 30.3 Å². The number of carbonyl (C=O) groups excluding carboxylic acids is 1. The average molecular weight is 390 g/mol. The number of hydrogen-bond donors (Lipinski definition) is 5. The number of benzene rings is 2. The van der Waals surface area contributed by atoms with Crippen LogP contribution in [0.25, 0.3) is 0 Å². The van der Waals surface area contributed by atoms with Crippen LogP contribution in [-0.4, -0.2) is 68.6 Å². The Kier molecular flexibility index (Phi) is 6.28. The molecule has 0 bridgehead atoms. The van der Waals surface area contributed by atoms with Gasteiger partial charge in [0.2, 0.25) is 6.29 Å². The lowest BCUT2D eigenvalue weighted by Gasteiger charge is -2.39. The summed E-state index contributed by atoms with van der Waals surface area (Å²) >= 11 is 0. The summed E-state index contributed by atoms with van der Waals surface area (Å²) in [6.45, 7) is -0.580. The van der Waals surface area contributed by atoms with Gasteiger partial charge in [-0.3, -0.25) is 4.79 Å². The van der Waals surface area contributed by atoms with Crippen LogP contribution in [0, 0.1) is 0 Å². The summed E-state index contributed by atoms with van der Waals surface area (Å²) < 4.78 is 10.7. The Morgan fingerprint density at radius 2 is 1.71 bits per heavy atom. The quantitative estimate of drug-likeness (QED) is 0.435. The van der Waals surface area contributed by atoms with Gasteiger partial charge in [0.05, 0.1) is 12.2 Å². The molecule has 0 saturated carbocycles. The van der Waals surface area contributed by atoms with Gasteiger partial charge >= 0.3 is 0 Å². The van der Waals surface area contributed by atoms with Crippen LogP contribution in [0.5, 0.6) is 11.5 Å². The number of Topliss-reactive ketones (excluding diaryl/α,β-unsaturated/α-hetero) is 1. The summed E-state index contributed by atoms with van der Waals surface area (Å²) in [5.41, 5.74) is 0.929. The predicted octanol–water partition coefficient (Wildman–Crippen LogP) is -0.00370. The van der Waals surface area contributed by atoms with Crippen molar-refractivity contribution in [1.29, 1.82) is 0 Å². The summed E-state index contributed by atoms with van der Waals surface area (Å²) in [7, 11) is 0. The highest BCUT2D eigenvalue weighted by Gasteiger charge is 2.44. The van der Waals surface area contributed by atoms with Crippen molar-refractivity contribution in [2.45, 2.75) is 37.1 Å². The minimum atomic E-state index is -1.57. The van der Waals surface area contributed by atoms with Gasteiger partial charge in [-0.2, -0.15) is 0 Å². The Labute approximate surface area is 161 Å². The molecular weight excluding hydrogens is 368 g/mol. The highest BCUT2D eigenvalue weighted by Crippen LogP contribution is 2.29. The van der Waals surface area contributed by atoms with Crippen LogP contribution in [0.1, 0.15) is 15.9 Å². The van der Waals surface area contributed by atoms with E-state index >= 15 is 0 Å². The van der Waals surface area contributed by atoms with Crippen molar-refractivity contribution in [2.24, 2.45) is 0 Å². The number of phenolic OH excluding ortho intramolecular Hbond substituents is 1. The summed E-state index contributed by atoms with van der Waals surface area (Å²) in [6, 6.07) is 13.1. The molecule has 2 aromatic carbocycles. The van der Waals surface area contributed by atoms with Gasteiger partial charge in [-0.15, -0.1) is 0 Å². The molecule has 0 unspecified atom stereocenters. The number of carbonyl (C=O) groups is 1. The fourth-order valence-electron chi connectivity index (χ4n) is 3.00. The number of hydrogen-bond acceptors (Lipinski definition) is 8. The van der Waals surface area contributed by atoms with Crippen molar-refractivity contribution < 1.29 is 39.8 Å². The first kappa shape index (κ1) is 20.2. The summed E-state index contributed by atoms with van der Waals surface area (Å²) in [5.74, 6) is -0.496. The van der Waals surface area contributed by atoms with Crippen LogP contribution in [0.2, 0.25) is 0 Å². The van der Waals surface area contributed by atoms with E-state index in [-0.39, 0.29) is 29.3 Å². The van der Waals surface area contributed by atoms with E-state index < -0.39 is 37.3 Å². The molecule has 1 saturated heterocycles. The second kappa shape index (κ2) is 8.68. The van der Waals surface area contributed by atoms with Crippen LogP contribution >= 0.6 is 0 Å². The lowest BCUT2D eigenvalue weighted by atomic mass is 9.99. The molecule has 0 aliphatic carbocycles. The van der Waals surface area contributed by atoms with Gasteiger partial charge in [0, 0.05) is 12.5 Å². The zero-order chi connectivity index (χ0) is 20.3. The van der Waals surface area contributed by atoms with E-state index in [1.165, 1.54) is 18.2 Å². The molecule has 5 atom stereocenters. The Balaban J connectivity index is 1.71. The topological polar surface area (TPSA) is 137 Å². The Hall–Kier alpha value is -2.49. The first-order chi connectivity index (χ1) is 13.4. The maximum absolute atomic E-state index is 12.4. The fraction of sp³-hybridized carbons (Fsp3) is 0.350. The van der Waals surface area contributed by atoms with Crippen molar-refractivity contribution in [3.63, 3.8) is 0 Å². The molecule has 0 aromatic heterocycles. The van der Waals surface area contributed by atoms with Crippen molar-refractivity contribution in [1.82, 2.24) is 0 Å². The van der Waals surface area contributed by atoms with E-state index in [2.05, 4.69) is 0 Å². The number of rotatable bonds is 6. The zero-order valence-corrected chi connectivity index (χ0v) is 14.9. The van der Waals surface area contributed by atoms with E-state index in [9.17, 15) is 30.3 Å². The molecular formula is C20H22O8. The van der Waals surface area contributed by atoms with Gasteiger partial charge in [0.1, 0.15) is 35.9 Å². The van der Waals surface area contributed by atoms with Crippen LogP contribution < -0.4 is 4.74 Å². The minimum absolute atomic E-state index is 0.0816. The van der Waals surface area contributed by atoms with E-state index in [0.717, 1.165) is 5.56 Å². The highest BCUT2D eigenvalue weighted by molar-refractivity contribution is 6.00. The lowest BCUT2D eigenvalue weighted by molar-refractivity contribution is -0.277. The van der Waals surface area contributed by atoms with Gasteiger partial charge < -0.3 is 35.0 Å². The van der Waals surface area contributed by atoms with Gasteiger partial charge in [0.25, 0.3) is 0 Å². The van der Waals surface area contributed by atoms with Crippen LogP contribution in [0.4, 0.5) is 0 Å². The van der Waals surface area contributed by atoms with E-state index in [1.54, 1.807) is 0 Å². The van der Waals surface area contributed by atoms with Crippen LogP contribution in [-0.2, 0) is 11.2 Å². The molecule has 0 amide bonds. The number of phenols is 1. The third-order valence-electron chi connectivity index (χ3n) is 4.58. The number of ether oxygens (including phenoxy) is 2. The number of ketones is 1. The largest absolute Gasteiger partial charge is 0.507 e. The Morgan fingerprint density at radius 1 is 1.00 bits per heavy atom. The summed E-state index contributed by atoms with van der Waals surface area (Å²) in [6.07, 6.45) is -6.99. The molecule has 1 heterocycles. The predicted molar refractivity (Wildman–Crippen MR) is 97.0 cm³/mol. The molecule has 8 heteroatoms. The fourth-order valence-corrected chi connectivity index (χ4v) is 3.00. The highest BCUT2D eigenvalue weighted by atomic mass is 16.7. The zero-order valence-electron chi connectivity index (χ0n) is 14.9. The number of aromatic hydroxyl groups is 1. The maximum Gasteiger partial charge on any atom is 0.229 e. The van der Waals surface area contributed by atoms with Crippen molar-refractivity contribution in [3.05, 3.63) is 59.7 Å². The first-order valence-electron chi connectivity index (χ1n) is 8.78. The van der Waals surface area contributed by atoms with Gasteiger partial charge in [-0.25, -0.2) is 0 Å². The van der Waals surface area contributed by atoms with Crippen LogP contribution in [0.15, 0.2) is 48.5 Å². The smallest absolute Gasteiger partial charge is 0.229 e. The van der Waals surface area contributed by atoms with E-state index in [4.69, 9.17) is 9.47 Å². The normalized spacial score (nSPS) is 27.4. The molecule has 0 radical (unpaired) electrons. The minimum Gasteiger partial charge on any atom is -0.507 e. The number of aliphatic hydroxyl groups is 4. The Morgan fingerprint density at radius 3 is 2.36 bits per heavy atom. The Bertz CT molecular complexity index is 807. The molecule has 3 rings (SSSR count).